The van der Waals surface area contributed by atoms with Crippen LogP contribution in [0.2, 0.25) is 0 Å². The van der Waals surface area contributed by atoms with E-state index in [4.69, 9.17) is 0 Å². The lowest BCUT2D eigenvalue weighted by Crippen LogP contribution is -2.26. The molecule has 8 heteroatoms. The molecular formula is C16H12N6O2. The number of amides is 1. The first-order valence-electron chi connectivity index (χ1n) is 7.26. The van der Waals surface area contributed by atoms with E-state index in [1.54, 1.807) is 36.7 Å². The van der Waals surface area contributed by atoms with Gasteiger partial charge in [0.15, 0.2) is 0 Å². The Balaban J connectivity index is 1.60. The maximum atomic E-state index is 12.4. The van der Waals surface area contributed by atoms with Crippen LogP contribution in [0.3, 0.4) is 0 Å². The molecule has 0 saturated carbocycles. The first-order chi connectivity index (χ1) is 11.7. The molecule has 0 aliphatic carbocycles. The van der Waals surface area contributed by atoms with Gasteiger partial charge in [0.05, 0.1) is 29.3 Å². The Morgan fingerprint density at radius 3 is 3.12 bits per heavy atom. The fourth-order valence-corrected chi connectivity index (χ4v) is 2.50. The van der Waals surface area contributed by atoms with E-state index in [0.717, 1.165) is 5.52 Å². The van der Waals surface area contributed by atoms with Crippen molar-refractivity contribution in [2.45, 2.75) is 6.54 Å². The summed E-state index contributed by atoms with van der Waals surface area (Å²) in [5, 5.41) is 10.1. The number of nitrogens with zero attached hydrogens (tertiary/aromatic N) is 4. The van der Waals surface area contributed by atoms with Gasteiger partial charge in [-0.15, -0.1) is 0 Å². The maximum absolute atomic E-state index is 12.4. The van der Waals surface area contributed by atoms with Crippen LogP contribution in [0.4, 0.5) is 0 Å². The highest BCUT2D eigenvalue weighted by Crippen LogP contribution is 2.13. The molecule has 4 aromatic heterocycles. The number of nitrogens with one attached hydrogen (secondary N) is 2. The van der Waals surface area contributed by atoms with Gasteiger partial charge in [-0.3, -0.25) is 24.1 Å². The number of hydrogen-bond acceptors (Lipinski definition) is 5. The van der Waals surface area contributed by atoms with Crippen LogP contribution in [0.5, 0.6) is 0 Å². The smallest absolute Gasteiger partial charge is 0.270 e. The molecule has 2 N–H and O–H groups in total. The van der Waals surface area contributed by atoms with E-state index >= 15 is 0 Å². The van der Waals surface area contributed by atoms with Crippen LogP contribution in [0.25, 0.3) is 16.6 Å². The molecule has 4 aromatic rings. The number of carbonyl (C=O) groups is 1. The van der Waals surface area contributed by atoms with Crippen molar-refractivity contribution in [1.82, 2.24) is 29.9 Å². The van der Waals surface area contributed by atoms with E-state index in [0.29, 0.717) is 16.7 Å². The number of hydrogen-bond donors (Lipinski definition) is 2. The highest BCUT2D eigenvalue weighted by atomic mass is 16.2. The van der Waals surface area contributed by atoms with Gasteiger partial charge in [0.25, 0.3) is 11.5 Å². The molecule has 1 amide bonds. The zero-order valence-electron chi connectivity index (χ0n) is 12.4. The lowest BCUT2D eigenvalue weighted by Gasteiger charge is -2.06. The molecule has 0 aliphatic heterocycles. The van der Waals surface area contributed by atoms with Gasteiger partial charge in [-0.05, 0) is 18.2 Å². The molecule has 24 heavy (non-hydrogen) atoms. The van der Waals surface area contributed by atoms with E-state index in [1.165, 1.54) is 16.7 Å². The lowest BCUT2D eigenvalue weighted by molar-refractivity contribution is 0.0947. The van der Waals surface area contributed by atoms with Crippen molar-refractivity contribution in [2.24, 2.45) is 0 Å². The fourth-order valence-electron chi connectivity index (χ4n) is 2.50. The molecule has 0 unspecified atom stereocenters. The van der Waals surface area contributed by atoms with Gasteiger partial charge in [0.1, 0.15) is 11.3 Å². The molecule has 0 radical (unpaired) electrons. The average molecular weight is 320 g/mol. The largest absolute Gasteiger partial charge is 0.345 e. The summed E-state index contributed by atoms with van der Waals surface area (Å²) in [6.07, 6.45) is 4.74. The Morgan fingerprint density at radius 2 is 2.21 bits per heavy atom. The number of fused-ring (bicyclic) bond motifs is 2. The number of pyridine rings is 2. The van der Waals surface area contributed by atoms with Gasteiger partial charge in [-0.1, -0.05) is 6.07 Å². The average Bonchev–Trinajstić information content (AvgIpc) is 3.08. The second-order valence-electron chi connectivity index (χ2n) is 5.19. The third-order valence-corrected chi connectivity index (χ3v) is 3.64. The molecule has 8 nitrogen and oxygen atoms in total. The molecule has 0 saturated heterocycles. The monoisotopic (exact) mass is 320 g/mol. The van der Waals surface area contributed by atoms with Gasteiger partial charge in [-0.25, -0.2) is 4.98 Å². The second kappa shape index (κ2) is 5.58. The third-order valence-electron chi connectivity index (χ3n) is 3.64. The summed E-state index contributed by atoms with van der Waals surface area (Å²) in [6, 6.07) is 8.44. The molecule has 4 rings (SSSR count). The minimum atomic E-state index is -0.350. The van der Waals surface area contributed by atoms with Crippen molar-refractivity contribution < 1.29 is 4.79 Å². The number of H-pyrrole nitrogens is 1. The summed E-state index contributed by atoms with van der Waals surface area (Å²) in [4.78, 5) is 32.9. The molecule has 0 fully saturated rings. The van der Waals surface area contributed by atoms with Crippen molar-refractivity contribution in [1.29, 1.82) is 0 Å². The van der Waals surface area contributed by atoms with Crippen LogP contribution < -0.4 is 10.9 Å². The first kappa shape index (κ1) is 14.1. The standard InChI is InChI=1S/C16H12N6O2/c23-14-7-10(20-13-3-1-2-6-22(13)14)8-18-16(24)15-11-9-19-21-12(11)4-5-17-15/h1-7,9H,8H2,(H,18,24)(H,19,21). The van der Waals surface area contributed by atoms with E-state index in [1.807, 2.05) is 0 Å². The highest BCUT2D eigenvalue weighted by molar-refractivity contribution is 6.03. The van der Waals surface area contributed by atoms with Crippen molar-refractivity contribution >= 4 is 22.5 Å². The Labute approximate surface area is 135 Å². The molecule has 0 atom stereocenters. The minimum Gasteiger partial charge on any atom is -0.345 e. The van der Waals surface area contributed by atoms with Crippen molar-refractivity contribution in [3.05, 3.63) is 70.7 Å². The summed E-state index contributed by atoms with van der Waals surface area (Å²) in [7, 11) is 0. The van der Waals surface area contributed by atoms with Crippen LogP contribution in [-0.2, 0) is 6.54 Å². The Morgan fingerprint density at radius 1 is 1.29 bits per heavy atom. The zero-order valence-corrected chi connectivity index (χ0v) is 12.4. The Bertz CT molecular complexity index is 1110. The molecule has 0 bridgehead atoms. The second-order valence-corrected chi connectivity index (χ2v) is 5.19. The molecular weight excluding hydrogens is 308 g/mol. The summed E-state index contributed by atoms with van der Waals surface area (Å²) in [6.45, 7) is 0.134. The highest BCUT2D eigenvalue weighted by Gasteiger charge is 2.13. The van der Waals surface area contributed by atoms with E-state index in [9.17, 15) is 9.59 Å². The molecule has 0 spiro atoms. The van der Waals surface area contributed by atoms with Crippen LogP contribution in [0.15, 0.2) is 53.7 Å². The first-order valence-corrected chi connectivity index (χ1v) is 7.26. The Kier molecular flexibility index (Phi) is 3.27. The number of carbonyl (C=O) groups excluding carboxylic acids is 1. The van der Waals surface area contributed by atoms with Crippen molar-refractivity contribution in [3.8, 4) is 0 Å². The maximum Gasteiger partial charge on any atom is 0.270 e. The molecule has 0 aliphatic rings. The van der Waals surface area contributed by atoms with Crippen molar-refractivity contribution in [2.75, 3.05) is 0 Å². The van der Waals surface area contributed by atoms with Crippen molar-refractivity contribution in [3.63, 3.8) is 0 Å². The quantitative estimate of drug-likeness (QED) is 0.583. The van der Waals surface area contributed by atoms with Crippen LogP contribution in [-0.4, -0.2) is 30.5 Å². The Hall–Kier alpha value is -3.55. The predicted molar refractivity (Wildman–Crippen MR) is 86.5 cm³/mol. The normalized spacial score (nSPS) is 11.0. The third kappa shape index (κ3) is 2.39. The van der Waals surface area contributed by atoms with Gasteiger partial charge < -0.3 is 5.32 Å². The number of aromatic amines is 1. The molecule has 0 aromatic carbocycles. The zero-order chi connectivity index (χ0) is 16.5. The van der Waals surface area contributed by atoms with Crippen LogP contribution >= 0.6 is 0 Å². The summed E-state index contributed by atoms with van der Waals surface area (Å²) >= 11 is 0. The topological polar surface area (TPSA) is 105 Å². The van der Waals surface area contributed by atoms with E-state index < -0.39 is 0 Å². The van der Waals surface area contributed by atoms with Crippen LogP contribution in [0.1, 0.15) is 16.2 Å². The summed E-state index contributed by atoms with van der Waals surface area (Å²) in [5.74, 6) is -0.350. The minimum absolute atomic E-state index is 0.134. The fraction of sp³-hybridized carbons (Fsp3) is 0.0625. The van der Waals surface area contributed by atoms with Gasteiger partial charge in [-0.2, -0.15) is 5.10 Å². The van der Waals surface area contributed by atoms with Crippen LogP contribution in [0, 0.1) is 0 Å². The number of rotatable bonds is 3. The van der Waals surface area contributed by atoms with Gasteiger partial charge >= 0.3 is 0 Å². The van der Waals surface area contributed by atoms with E-state index in [2.05, 4.69) is 25.5 Å². The lowest BCUT2D eigenvalue weighted by atomic mass is 10.2. The number of aromatic nitrogens is 5. The van der Waals surface area contributed by atoms with E-state index in [-0.39, 0.29) is 23.7 Å². The molecule has 4 heterocycles. The summed E-state index contributed by atoms with van der Waals surface area (Å²) < 4.78 is 1.44. The van der Waals surface area contributed by atoms with Gasteiger partial charge in [0.2, 0.25) is 0 Å². The predicted octanol–water partition coefficient (Wildman–Crippen LogP) is 0.896. The molecule has 118 valence electrons. The van der Waals surface area contributed by atoms with Gasteiger partial charge in [0, 0.05) is 18.5 Å². The summed E-state index contributed by atoms with van der Waals surface area (Å²) in [5.41, 5.74) is 1.83. The SMILES string of the molecule is O=C(NCc1cc(=O)n2ccccc2n1)c1nccc2[nH]ncc12.